The van der Waals surface area contributed by atoms with Crippen LogP contribution >= 0.6 is 11.6 Å². The van der Waals surface area contributed by atoms with Crippen LogP contribution < -0.4 is 16.4 Å². The van der Waals surface area contributed by atoms with Gasteiger partial charge in [0.1, 0.15) is 31.8 Å². The third-order valence-corrected chi connectivity index (χ3v) is 13.5. The molecule has 6 aromatic rings. The van der Waals surface area contributed by atoms with Crippen molar-refractivity contribution in [3.05, 3.63) is 65.9 Å². The summed E-state index contributed by atoms with van der Waals surface area (Å²) in [7, 11) is -31.2. The third-order valence-electron chi connectivity index (χ3n) is 8.18. The first-order valence-corrected chi connectivity index (χ1v) is 24.8. The molecule has 0 saturated carbocycles. The summed E-state index contributed by atoms with van der Waals surface area (Å²) in [5.74, 6) is -2.21. The summed E-state index contributed by atoms with van der Waals surface area (Å²) in [6.07, 6.45) is 0. The van der Waals surface area contributed by atoms with Gasteiger partial charge in [-0.3, -0.25) is 27.3 Å². The molecule has 11 N–H and O–H groups in total. The first kappa shape index (κ1) is 46.7. The van der Waals surface area contributed by atoms with E-state index in [4.69, 9.17) is 17.3 Å². The van der Waals surface area contributed by atoms with E-state index in [1.54, 1.807) is 0 Å². The molecule has 334 valence electrons. The molecule has 0 spiro atoms. The summed E-state index contributed by atoms with van der Waals surface area (Å²) in [4.78, 5) is 5.15. The number of anilines is 5. The van der Waals surface area contributed by atoms with E-state index < -0.39 is 157 Å². The summed E-state index contributed by atoms with van der Waals surface area (Å²) < 4.78 is 204. The van der Waals surface area contributed by atoms with Gasteiger partial charge in [0.25, 0.3) is 60.7 Å². The van der Waals surface area contributed by atoms with Gasteiger partial charge in [0, 0.05) is 17.1 Å². The molecule has 5 aromatic carbocycles. The van der Waals surface area contributed by atoms with Crippen LogP contribution in [0.3, 0.4) is 0 Å². The van der Waals surface area contributed by atoms with Gasteiger partial charge >= 0.3 is 0 Å². The molecule has 0 saturated heterocycles. The van der Waals surface area contributed by atoms with Crippen LogP contribution in [-0.2, 0) is 60.7 Å². The van der Waals surface area contributed by atoms with Gasteiger partial charge in [-0.05, 0) is 77.0 Å². The highest BCUT2D eigenvalue weighted by Gasteiger charge is 2.27. The minimum absolute atomic E-state index is 0.297. The number of benzene rings is 5. The molecular weight excluding hydrogens is 992 g/mol. The van der Waals surface area contributed by atoms with Crippen LogP contribution in [0.15, 0.2) is 100 Å². The van der Waals surface area contributed by atoms with Crippen LogP contribution in [0.1, 0.15) is 0 Å². The zero-order chi connectivity index (χ0) is 47.0. The lowest BCUT2D eigenvalue weighted by Crippen LogP contribution is -2.09. The molecule has 34 heteroatoms. The van der Waals surface area contributed by atoms with Crippen LogP contribution in [0, 0.1) is 0 Å². The lowest BCUT2D eigenvalue weighted by molar-refractivity contribution is 0.470. The summed E-state index contributed by atoms with van der Waals surface area (Å²) in [5, 5.41) is 20.0. The van der Waals surface area contributed by atoms with Gasteiger partial charge in [-0.15, -0.1) is 10.2 Å². The van der Waals surface area contributed by atoms with Gasteiger partial charge in [-0.2, -0.15) is 65.5 Å². The molecule has 0 radical (unpaired) electrons. The number of fused-ring (bicyclic) bond motifs is 2. The molecule has 27 nitrogen and oxygen atoms in total. The Morgan fingerprint density at radius 3 is 1.54 bits per heavy atom. The number of nitrogens with one attached hydrogen (secondary N) is 2. The predicted octanol–water partition coefficient (Wildman–Crippen LogP) is 3.50. The monoisotopic (exact) mass is 1010 g/mol. The Hall–Kier alpha value is -5.82. The van der Waals surface area contributed by atoms with Crippen molar-refractivity contribution in [3.8, 4) is 5.75 Å². The molecule has 0 aliphatic heterocycles. The average molecular weight is 1010 g/mol. The van der Waals surface area contributed by atoms with Crippen molar-refractivity contribution in [3.63, 3.8) is 0 Å². The molecule has 1 heterocycles. The second-order valence-corrected chi connectivity index (χ2v) is 21.2. The van der Waals surface area contributed by atoms with Gasteiger partial charge in [0.15, 0.2) is 0 Å². The fraction of sp³-hybridized carbons (Fsp3) is 0. The fourth-order valence-corrected chi connectivity index (χ4v) is 9.57. The number of phenols is 1. The zero-order valence-corrected chi connectivity index (χ0v) is 35.6. The largest absolute Gasteiger partial charge is 0.507 e. The third kappa shape index (κ3) is 10.0. The molecule has 6 rings (SSSR count). The Morgan fingerprint density at radius 2 is 1.02 bits per heavy atom. The number of hydrogen-bond acceptors (Lipinski definition) is 21. The average Bonchev–Trinajstić information content (AvgIpc) is 3.11. The highest BCUT2D eigenvalue weighted by molar-refractivity contribution is 7.87. The van der Waals surface area contributed by atoms with Gasteiger partial charge < -0.3 is 21.5 Å². The van der Waals surface area contributed by atoms with E-state index in [0.29, 0.717) is 48.5 Å². The van der Waals surface area contributed by atoms with E-state index >= 15 is 0 Å². The number of phenolic OH excluding ortho intramolecular Hbond substituents is 1. The number of aromatic hydroxyl groups is 1. The van der Waals surface area contributed by atoms with E-state index in [1.807, 2.05) is 0 Å². The SMILES string of the molecule is Nc1c(S(=O)(=O)O)cc2cc(S(=O)(=O)O)cc(O)c2c1N=Nc1ccc(Nc2nc(Cl)nc(Nc3cc(S(=O)(=O)O)cc4cc(S(=O)(=O)O)cc(S(=O)(=O)O)c34)n2)cc1S(=O)(=O)O. The lowest BCUT2D eigenvalue weighted by atomic mass is 10.1. The van der Waals surface area contributed by atoms with Gasteiger partial charge in [0.05, 0.1) is 31.4 Å². The maximum absolute atomic E-state index is 12.5. The Morgan fingerprint density at radius 1 is 0.524 bits per heavy atom. The Balaban J connectivity index is 1.44. The minimum Gasteiger partial charge on any atom is -0.507 e. The first-order valence-electron chi connectivity index (χ1n) is 15.8. The highest BCUT2D eigenvalue weighted by atomic mass is 35.5. The number of halogens is 1. The molecular formula is C29H21ClN8O19S6. The van der Waals surface area contributed by atoms with E-state index in [9.17, 15) is 82.9 Å². The first-order chi connectivity index (χ1) is 28.7. The smallest absolute Gasteiger partial charge is 0.296 e. The summed E-state index contributed by atoms with van der Waals surface area (Å²) in [6.45, 7) is 0. The highest BCUT2D eigenvalue weighted by Crippen LogP contribution is 2.44. The van der Waals surface area contributed by atoms with Crippen molar-refractivity contribution in [2.75, 3.05) is 16.4 Å². The van der Waals surface area contributed by atoms with Crippen molar-refractivity contribution in [1.29, 1.82) is 0 Å². The number of nitrogens with two attached hydrogens (primary N) is 1. The summed E-state index contributed by atoms with van der Waals surface area (Å²) in [5.41, 5.74) is 2.59. The maximum Gasteiger partial charge on any atom is 0.296 e. The number of nitrogens with zero attached hydrogens (tertiary/aromatic N) is 5. The molecule has 0 fully saturated rings. The summed E-state index contributed by atoms with van der Waals surface area (Å²) in [6, 6.07) is 6.60. The lowest BCUT2D eigenvalue weighted by Gasteiger charge is -2.15. The number of hydrogen-bond donors (Lipinski definition) is 10. The Bertz CT molecular complexity index is 3720. The van der Waals surface area contributed by atoms with E-state index in [2.05, 4.69) is 35.8 Å². The number of rotatable bonds is 12. The molecule has 0 unspecified atom stereocenters. The van der Waals surface area contributed by atoms with Crippen LogP contribution in [-0.4, -0.2) is 97.9 Å². The number of aromatic nitrogens is 3. The van der Waals surface area contributed by atoms with Crippen molar-refractivity contribution in [2.45, 2.75) is 29.4 Å². The molecule has 63 heavy (non-hydrogen) atoms. The number of azo groups is 1. The van der Waals surface area contributed by atoms with E-state index in [1.165, 1.54) is 0 Å². The van der Waals surface area contributed by atoms with Gasteiger partial charge in [0.2, 0.25) is 17.2 Å². The number of nitrogen functional groups attached to an aromatic ring is 1. The summed E-state index contributed by atoms with van der Waals surface area (Å²) >= 11 is 6.05. The standard InChI is InChI=1S/C29H21ClN8O19S6/c30-27-34-28(36-29(35-27)33-18-8-14(58(40,41)42)3-11-4-16(60(46,47)48)10-21(23(11)18)62(52,53)54)32-13-1-2-17(20(7-13)61(49,50)51)37-38-26-24-12(6-22(25(26)31)63(55,56)57)5-15(9-19(24)39)59(43,44)45/h1-10,39H,31H2,(H,40,41,42)(H,43,44,45)(H,46,47,48)(H,49,50,51)(H,52,53,54)(H,55,56,57)(H2,32,33,34,35,36). The van der Waals surface area contributed by atoms with Gasteiger partial charge in [-0.1, -0.05) is 0 Å². The normalized spacial score (nSPS) is 13.2. The molecule has 0 bridgehead atoms. The van der Waals surface area contributed by atoms with Crippen molar-refractivity contribution in [1.82, 2.24) is 15.0 Å². The second-order valence-electron chi connectivity index (χ2n) is 12.4. The van der Waals surface area contributed by atoms with E-state index in [0.717, 1.165) is 12.1 Å². The fourth-order valence-electron chi connectivity index (χ4n) is 5.65. The maximum atomic E-state index is 12.5. The molecule has 0 amide bonds. The Kier molecular flexibility index (Phi) is 11.7. The molecule has 1 aromatic heterocycles. The van der Waals surface area contributed by atoms with Crippen LogP contribution in [0.5, 0.6) is 5.75 Å². The topological polar surface area (TPSA) is 460 Å². The zero-order valence-electron chi connectivity index (χ0n) is 29.9. The minimum atomic E-state index is -5.38. The van der Waals surface area contributed by atoms with E-state index in [-0.39, 0.29) is 5.69 Å². The van der Waals surface area contributed by atoms with Crippen LogP contribution in [0.4, 0.5) is 40.3 Å². The van der Waals surface area contributed by atoms with Gasteiger partial charge in [-0.25, -0.2) is 0 Å². The van der Waals surface area contributed by atoms with Crippen molar-refractivity contribution in [2.24, 2.45) is 10.2 Å². The van der Waals surface area contributed by atoms with Crippen LogP contribution in [0.2, 0.25) is 5.28 Å². The van der Waals surface area contributed by atoms with Crippen molar-refractivity contribution < 1.29 is 82.9 Å². The second kappa shape index (κ2) is 15.8. The molecule has 0 atom stereocenters. The Labute approximate surface area is 357 Å². The van der Waals surface area contributed by atoms with Crippen LogP contribution in [0.25, 0.3) is 21.5 Å². The molecule has 0 aliphatic carbocycles. The predicted molar refractivity (Wildman–Crippen MR) is 215 cm³/mol. The van der Waals surface area contributed by atoms with Crippen molar-refractivity contribution >= 4 is 134 Å². The quantitative estimate of drug-likeness (QED) is 0.0476. The molecule has 0 aliphatic rings.